The van der Waals surface area contributed by atoms with Crippen molar-refractivity contribution in [2.24, 2.45) is 11.7 Å². The predicted octanol–water partition coefficient (Wildman–Crippen LogP) is 1.93. The predicted molar refractivity (Wildman–Crippen MR) is 253 cm³/mol. The summed E-state index contributed by atoms with van der Waals surface area (Å²) in [6.45, 7) is 7.04. The molecule has 0 bridgehead atoms. The summed E-state index contributed by atoms with van der Waals surface area (Å²) >= 11 is 0. The van der Waals surface area contributed by atoms with Crippen LogP contribution >= 0.6 is 0 Å². The monoisotopic (exact) mass is 961 g/mol. The number of ether oxygens (including phenoxy) is 3. The summed E-state index contributed by atoms with van der Waals surface area (Å²) < 4.78 is 18.2. The van der Waals surface area contributed by atoms with Gasteiger partial charge in [0.05, 0.1) is 13.2 Å². The minimum atomic E-state index is -1.10. The molecule has 0 saturated heterocycles. The average molecular weight is 962 g/mol. The maximum atomic E-state index is 13.6. The van der Waals surface area contributed by atoms with E-state index < -0.39 is 47.6 Å². The summed E-state index contributed by atoms with van der Waals surface area (Å²) in [5.74, 6) is -1.94. The zero-order valence-electron chi connectivity index (χ0n) is 39.6. The van der Waals surface area contributed by atoms with Gasteiger partial charge in [0.15, 0.2) is 11.5 Å². The number of aldehydes is 1. The maximum absolute atomic E-state index is 13.6. The highest BCUT2D eigenvalue weighted by atomic mass is 16.5. The van der Waals surface area contributed by atoms with Crippen LogP contribution in [0.4, 0.5) is 21.1 Å². The Hall–Kier alpha value is -7.63. The highest BCUT2D eigenvalue weighted by Gasteiger charge is 2.29. The molecule has 0 saturated carbocycles. The van der Waals surface area contributed by atoms with Crippen molar-refractivity contribution in [3.63, 3.8) is 0 Å². The number of hydrogen-bond donors (Lipinski definition) is 8. The van der Waals surface area contributed by atoms with Crippen molar-refractivity contribution in [3.05, 3.63) is 64.2 Å². The lowest BCUT2D eigenvalue weighted by Crippen LogP contribution is -2.54. The van der Waals surface area contributed by atoms with Crippen LogP contribution < -0.4 is 52.8 Å². The number of nitrogens with zero attached hydrogens (tertiary/aromatic N) is 5. The summed E-state index contributed by atoms with van der Waals surface area (Å²) in [6, 6.07) is 6.94. The van der Waals surface area contributed by atoms with Gasteiger partial charge < -0.3 is 61.2 Å². The fraction of sp³-hybridized carbons (Fsp3) is 0.489. The van der Waals surface area contributed by atoms with E-state index in [2.05, 4.69) is 51.8 Å². The first-order valence-corrected chi connectivity index (χ1v) is 22.6. The van der Waals surface area contributed by atoms with Gasteiger partial charge in [-0.05, 0) is 69.0 Å². The molecule has 3 aromatic heterocycles. The van der Waals surface area contributed by atoms with Crippen LogP contribution in [-0.4, -0.2) is 130 Å². The molecule has 69 heavy (non-hydrogen) atoms. The lowest BCUT2D eigenvalue weighted by molar-refractivity contribution is -0.132. The summed E-state index contributed by atoms with van der Waals surface area (Å²) in [7, 11) is 3.88. The normalized spacial score (nSPS) is 11.9. The third kappa shape index (κ3) is 18.5. The second-order valence-corrected chi connectivity index (χ2v) is 16.4. The summed E-state index contributed by atoms with van der Waals surface area (Å²) in [6.07, 6.45) is 2.82. The van der Waals surface area contributed by atoms with E-state index in [4.69, 9.17) is 19.9 Å². The van der Waals surface area contributed by atoms with Crippen LogP contribution in [0.5, 0.6) is 11.9 Å². The number of aromatic nitrogens is 5. The number of rotatable bonds is 29. The third-order valence-corrected chi connectivity index (χ3v) is 10.0. The van der Waals surface area contributed by atoms with Gasteiger partial charge in [0.25, 0.3) is 0 Å². The standard InChI is InChI=1S/C45H63N13O11/c1-6-23-68-43-54-38(37-39(56-43)58(44(65)53-37)26-30-15-18-35(49-25-30)67-24-21-57(4)5)55-45(66)69-27-29-13-16-31(17-14-29)50-40(62)32(10-8-19-48-42(46)64)51-41(63)36(28(2)3)52-34(61)12-7-11-33(60)47-20-9-22-59/h13-18,22,25,28,32,36H,6-12,19-21,23-24,26-27H2,1-5H3,(H,47,60)(H,50,62)(H,51,63)(H,52,61)(H,53,65)(H3,46,48,64)(H,54,55,56,66)/t32-,36-/m0/s1. The maximum Gasteiger partial charge on any atom is 0.413 e. The fourth-order valence-electron chi connectivity index (χ4n) is 6.40. The van der Waals surface area contributed by atoms with E-state index in [0.29, 0.717) is 42.0 Å². The first kappa shape index (κ1) is 54.0. The average Bonchev–Trinajstić information content (AvgIpc) is 3.62. The van der Waals surface area contributed by atoms with Gasteiger partial charge >= 0.3 is 23.8 Å². The van der Waals surface area contributed by atoms with Gasteiger partial charge in [0.2, 0.25) is 29.5 Å². The van der Waals surface area contributed by atoms with Crippen molar-refractivity contribution < 1.29 is 47.8 Å². The van der Waals surface area contributed by atoms with E-state index in [1.807, 2.05) is 25.9 Å². The number of nitrogens with two attached hydrogens (primary N) is 1. The number of amides is 7. The van der Waals surface area contributed by atoms with E-state index in [1.165, 1.54) is 4.57 Å². The largest absolute Gasteiger partial charge is 0.476 e. The molecule has 9 N–H and O–H groups in total. The zero-order chi connectivity index (χ0) is 50.3. The molecule has 374 valence electrons. The van der Waals surface area contributed by atoms with Crippen LogP contribution in [0, 0.1) is 5.92 Å². The molecule has 4 rings (SSSR count). The number of H-pyrrole nitrogens is 1. The molecule has 2 atom stereocenters. The first-order chi connectivity index (χ1) is 33.1. The second-order valence-electron chi connectivity index (χ2n) is 16.4. The highest BCUT2D eigenvalue weighted by molar-refractivity contribution is 5.98. The van der Waals surface area contributed by atoms with Crippen LogP contribution in [-0.2, 0) is 41.9 Å². The van der Waals surface area contributed by atoms with Crippen molar-refractivity contribution >= 4 is 64.7 Å². The molecule has 4 aromatic rings. The molecule has 0 aliphatic rings. The van der Waals surface area contributed by atoms with Crippen LogP contribution in [0.25, 0.3) is 11.2 Å². The molecule has 0 aliphatic heterocycles. The molecule has 0 fully saturated rings. The number of nitrogens with one attached hydrogen (secondary N) is 7. The number of urea groups is 1. The molecule has 0 radical (unpaired) electrons. The number of imidazole rings is 1. The summed E-state index contributed by atoms with van der Waals surface area (Å²) in [5.41, 5.74) is 6.57. The molecule has 0 aliphatic carbocycles. The zero-order valence-corrected chi connectivity index (χ0v) is 39.6. The van der Waals surface area contributed by atoms with E-state index in [0.717, 1.165) is 6.54 Å². The van der Waals surface area contributed by atoms with Crippen molar-refractivity contribution in [2.45, 2.75) is 91.0 Å². The number of carbonyl (C=O) groups excluding carboxylic acids is 7. The Bertz CT molecular complexity index is 2410. The summed E-state index contributed by atoms with van der Waals surface area (Å²) in [5, 5.41) is 15.8. The molecule has 1 aromatic carbocycles. The quantitative estimate of drug-likeness (QED) is 0.0285. The van der Waals surface area contributed by atoms with Gasteiger partial charge in [-0.3, -0.25) is 29.1 Å². The van der Waals surface area contributed by atoms with Gasteiger partial charge in [0, 0.05) is 56.8 Å². The Morgan fingerprint density at radius 3 is 2.28 bits per heavy atom. The first-order valence-electron chi connectivity index (χ1n) is 22.6. The Morgan fingerprint density at radius 2 is 1.61 bits per heavy atom. The molecule has 0 spiro atoms. The fourth-order valence-corrected chi connectivity index (χ4v) is 6.40. The van der Waals surface area contributed by atoms with Gasteiger partial charge in [-0.2, -0.15) is 9.97 Å². The molecular formula is C45H63N13O11. The number of pyridine rings is 1. The van der Waals surface area contributed by atoms with E-state index in [1.54, 1.807) is 56.4 Å². The van der Waals surface area contributed by atoms with Gasteiger partial charge in [0.1, 0.15) is 37.1 Å². The number of primary amides is 1. The number of anilines is 2. The van der Waals surface area contributed by atoms with Crippen molar-refractivity contribution in [1.29, 1.82) is 0 Å². The lowest BCUT2D eigenvalue weighted by Gasteiger charge is -2.25. The van der Waals surface area contributed by atoms with Crippen molar-refractivity contribution in [3.8, 4) is 11.9 Å². The molecular weight excluding hydrogens is 899 g/mol. The Labute approximate surface area is 398 Å². The van der Waals surface area contributed by atoms with E-state index >= 15 is 0 Å². The Morgan fingerprint density at radius 1 is 0.870 bits per heavy atom. The van der Waals surface area contributed by atoms with E-state index in [9.17, 15) is 38.4 Å². The smallest absolute Gasteiger partial charge is 0.413 e. The number of hydrogen-bond acceptors (Lipinski definition) is 15. The third-order valence-electron chi connectivity index (χ3n) is 10.0. The minimum Gasteiger partial charge on any atom is -0.476 e. The second kappa shape index (κ2) is 27.9. The lowest BCUT2D eigenvalue weighted by atomic mass is 10.0. The van der Waals surface area contributed by atoms with Gasteiger partial charge in [-0.25, -0.2) is 19.4 Å². The summed E-state index contributed by atoms with van der Waals surface area (Å²) in [4.78, 5) is 118. The molecule has 0 unspecified atom stereocenters. The van der Waals surface area contributed by atoms with Crippen molar-refractivity contribution in [1.82, 2.24) is 50.7 Å². The van der Waals surface area contributed by atoms with Gasteiger partial charge in [-0.1, -0.05) is 39.0 Å². The van der Waals surface area contributed by atoms with Crippen LogP contribution in [0.2, 0.25) is 0 Å². The van der Waals surface area contributed by atoms with E-state index in [-0.39, 0.29) is 106 Å². The van der Waals surface area contributed by atoms with Gasteiger partial charge in [-0.15, -0.1) is 0 Å². The van der Waals surface area contributed by atoms with Crippen molar-refractivity contribution in [2.75, 3.05) is 57.6 Å². The van der Waals surface area contributed by atoms with Crippen LogP contribution in [0.15, 0.2) is 47.4 Å². The topological polar surface area (TPSA) is 325 Å². The molecule has 24 heteroatoms. The SMILES string of the molecule is CCCOc1nc(NC(=O)OCc2ccc(NC(=O)[C@H](CCCNC(N)=O)NC(=O)[C@@H](NC(=O)CCCC(=O)NCCC=O)C(C)C)cc2)c2[nH]c(=O)n(Cc3ccc(OCCN(C)C)nc3)c2n1. The number of aromatic amines is 1. The number of benzene rings is 1. The van der Waals surface area contributed by atoms with Crippen LogP contribution in [0.3, 0.4) is 0 Å². The Kier molecular flexibility index (Phi) is 21.8. The minimum absolute atomic E-state index is 0.0340. The number of fused-ring (bicyclic) bond motifs is 1. The molecule has 7 amide bonds. The number of likely N-dealkylation sites (N-methyl/N-ethyl adjacent to an activating group) is 1. The Balaban J connectivity index is 1.38. The molecule has 24 nitrogen and oxygen atoms in total. The molecule has 3 heterocycles. The number of carbonyl (C=O) groups is 7. The van der Waals surface area contributed by atoms with Crippen LogP contribution in [0.1, 0.15) is 76.8 Å². The highest BCUT2D eigenvalue weighted by Crippen LogP contribution is 2.22.